The van der Waals surface area contributed by atoms with Crippen LogP contribution < -0.4 is 20.7 Å². The van der Waals surface area contributed by atoms with Gasteiger partial charge < -0.3 is 20.9 Å². The van der Waals surface area contributed by atoms with Gasteiger partial charge in [-0.05, 0) is 79.6 Å². The average Bonchev–Trinajstić information content (AvgIpc) is 4.02. The zero-order chi connectivity index (χ0) is 41.4. The molecule has 0 radical (unpaired) electrons. The fraction of sp³-hybridized carbons (Fsp3) is 0.829. The standard InChI is InChI=1S/C41H65FN6O7S/c1-10-26-21-41(26,35(53)46-56(54,55)27-14-15-27)45-32(50)28-22-40(38(8,9)39(40)16-12-17-39)24-48(28)34(52)30(37(5,6)7)44-33(51)29(36(2,3)4)43-31(49)25-13-11-19-47(23-25)20-18-42/h10,25-30H,1,11-24H2,2-9H3,(H,43,49)(H,44,51)(H,45,50)(H,46,53)/t25-,26-,28+,29-,30-,40-,41-/m1/s1. The van der Waals surface area contributed by atoms with E-state index in [9.17, 15) is 32.0 Å². The summed E-state index contributed by atoms with van der Waals surface area (Å²) < 4.78 is 40.9. The van der Waals surface area contributed by atoms with Crippen LogP contribution in [0.25, 0.3) is 0 Å². The van der Waals surface area contributed by atoms with Gasteiger partial charge in [0.15, 0.2) is 0 Å². The summed E-state index contributed by atoms with van der Waals surface area (Å²) >= 11 is 0. The van der Waals surface area contributed by atoms with Gasteiger partial charge >= 0.3 is 0 Å². The summed E-state index contributed by atoms with van der Waals surface area (Å²) in [4.78, 5) is 74.7. The minimum atomic E-state index is -3.88. The Morgan fingerprint density at radius 1 is 0.893 bits per heavy atom. The van der Waals surface area contributed by atoms with E-state index in [2.05, 4.69) is 41.1 Å². The molecule has 4 saturated carbocycles. The Kier molecular flexibility index (Phi) is 10.9. The second-order valence-electron chi connectivity index (χ2n) is 20.5. The van der Waals surface area contributed by atoms with Crippen LogP contribution in [0.15, 0.2) is 12.7 Å². The number of alkyl halides is 1. The molecule has 6 aliphatic rings. The van der Waals surface area contributed by atoms with Crippen molar-refractivity contribution in [1.29, 1.82) is 0 Å². The molecule has 5 amide bonds. The third-order valence-corrected chi connectivity index (χ3v) is 16.6. The van der Waals surface area contributed by atoms with Crippen molar-refractivity contribution in [3.63, 3.8) is 0 Å². The molecule has 0 bridgehead atoms. The van der Waals surface area contributed by atoms with Gasteiger partial charge in [-0.1, -0.05) is 67.9 Å². The third-order valence-electron chi connectivity index (χ3n) is 14.7. The molecule has 7 atom stereocenters. The third kappa shape index (κ3) is 7.19. The largest absolute Gasteiger partial charge is 0.344 e. The van der Waals surface area contributed by atoms with Crippen LogP contribution in [0, 0.1) is 38.9 Å². The quantitative estimate of drug-likeness (QED) is 0.206. The van der Waals surface area contributed by atoms with E-state index in [1.807, 2.05) is 46.4 Å². The highest BCUT2D eigenvalue weighted by Gasteiger charge is 2.85. The highest BCUT2D eigenvalue weighted by molar-refractivity contribution is 7.91. The van der Waals surface area contributed by atoms with Crippen molar-refractivity contribution in [3.8, 4) is 0 Å². The van der Waals surface area contributed by atoms with Gasteiger partial charge in [0.05, 0.1) is 11.2 Å². The second-order valence-corrected chi connectivity index (χ2v) is 22.4. The Balaban J connectivity index is 1.25. The van der Waals surface area contributed by atoms with E-state index in [4.69, 9.17) is 0 Å². The number of fused-ring (bicyclic) bond motifs is 1. The highest BCUT2D eigenvalue weighted by Crippen LogP contribution is 2.88. The number of nitrogens with zero attached hydrogens (tertiary/aromatic N) is 2. The highest BCUT2D eigenvalue weighted by atomic mass is 32.2. The van der Waals surface area contributed by atoms with E-state index in [1.54, 1.807) is 11.0 Å². The predicted molar refractivity (Wildman–Crippen MR) is 210 cm³/mol. The lowest BCUT2D eigenvalue weighted by Gasteiger charge is -2.39. The van der Waals surface area contributed by atoms with Crippen LogP contribution in [0.5, 0.6) is 0 Å². The molecule has 0 aromatic rings. The number of rotatable bonds is 13. The lowest BCUT2D eigenvalue weighted by atomic mass is 9.73. The molecule has 2 aliphatic heterocycles. The summed E-state index contributed by atoms with van der Waals surface area (Å²) in [5.74, 6) is -3.46. The fourth-order valence-electron chi connectivity index (χ4n) is 10.7. The SMILES string of the molecule is C=C[C@@H]1C[C@]1(NC(=O)[C@@H]1C[C@@]2(CN1C(=O)[C@@H](NC(=O)[C@@H](NC(=O)[C@@H]1CCCN(CCF)C1)C(C)(C)C)C(C)(C)C)C(C)(C)C21CCC1)C(=O)NS(=O)(=O)C1CC1. The van der Waals surface area contributed by atoms with Gasteiger partial charge in [0.1, 0.15) is 30.3 Å². The van der Waals surface area contributed by atoms with Crippen LogP contribution in [-0.2, 0) is 34.0 Å². The maximum atomic E-state index is 15.1. The molecule has 314 valence electrons. The molecule has 15 heteroatoms. The van der Waals surface area contributed by atoms with Crippen molar-refractivity contribution in [3.05, 3.63) is 12.7 Å². The number of sulfonamides is 1. The number of amides is 5. The average molecular weight is 805 g/mol. The Morgan fingerprint density at radius 2 is 1.54 bits per heavy atom. The number of piperidine rings is 1. The molecule has 0 aromatic carbocycles. The molecule has 0 aromatic heterocycles. The van der Waals surface area contributed by atoms with E-state index < -0.39 is 91.9 Å². The molecule has 0 unspecified atom stereocenters. The fourth-order valence-corrected chi connectivity index (χ4v) is 12.0. The number of halogens is 1. The van der Waals surface area contributed by atoms with E-state index in [-0.39, 0.29) is 35.1 Å². The zero-order valence-electron chi connectivity index (χ0n) is 34.7. The van der Waals surface area contributed by atoms with Gasteiger partial charge in [0.25, 0.3) is 5.91 Å². The summed E-state index contributed by atoms with van der Waals surface area (Å²) in [7, 11) is -3.88. The molecule has 4 N–H and O–H groups in total. The van der Waals surface area contributed by atoms with Gasteiger partial charge in [-0.25, -0.2) is 12.8 Å². The molecule has 6 rings (SSSR count). The van der Waals surface area contributed by atoms with Crippen LogP contribution >= 0.6 is 0 Å². The Labute approximate surface area is 332 Å². The number of carbonyl (C=O) groups excluding carboxylic acids is 5. The summed E-state index contributed by atoms with van der Waals surface area (Å²) in [6, 6.07) is -3.06. The van der Waals surface area contributed by atoms with Crippen LogP contribution in [0.2, 0.25) is 0 Å². The Bertz CT molecular complexity index is 1750. The Morgan fingerprint density at radius 3 is 2.04 bits per heavy atom. The molecular formula is C41H65FN6O7S. The van der Waals surface area contributed by atoms with E-state index in [0.29, 0.717) is 45.3 Å². The smallest absolute Gasteiger partial charge is 0.259 e. The van der Waals surface area contributed by atoms with Crippen molar-refractivity contribution in [2.45, 2.75) is 142 Å². The monoisotopic (exact) mass is 804 g/mol. The maximum absolute atomic E-state index is 15.1. The molecule has 2 saturated heterocycles. The van der Waals surface area contributed by atoms with Gasteiger partial charge in [0, 0.05) is 31.0 Å². The lowest BCUT2D eigenvalue weighted by molar-refractivity contribution is -0.145. The maximum Gasteiger partial charge on any atom is 0.259 e. The van der Waals surface area contributed by atoms with Crippen LogP contribution in [0.4, 0.5) is 4.39 Å². The molecule has 2 heterocycles. The molecular weight excluding hydrogens is 740 g/mol. The number of likely N-dealkylation sites (tertiary alicyclic amines) is 2. The molecule has 6 fully saturated rings. The van der Waals surface area contributed by atoms with E-state index in [0.717, 1.165) is 25.7 Å². The zero-order valence-corrected chi connectivity index (χ0v) is 35.5. The second kappa shape index (κ2) is 14.3. The van der Waals surface area contributed by atoms with Gasteiger partial charge in [-0.15, -0.1) is 6.58 Å². The van der Waals surface area contributed by atoms with Crippen LogP contribution in [0.1, 0.15) is 113 Å². The number of carbonyl (C=O) groups is 5. The van der Waals surface area contributed by atoms with Crippen molar-refractivity contribution in [2.24, 2.45) is 38.9 Å². The first-order chi connectivity index (χ1) is 25.9. The summed E-state index contributed by atoms with van der Waals surface area (Å²) in [6.07, 6.45) is 7.45. The summed E-state index contributed by atoms with van der Waals surface area (Å²) in [5.41, 5.74) is -3.61. The Hall–Kier alpha value is -3.07. The number of hydrogen-bond acceptors (Lipinski definition) is 8. The van der Waals surface area contributed by atoms with Crippen molar-refractivity contribution in [1.82, 2.24) is 30.5 Å². The van der Waals surface area contributed by atoms with Crippen molar-refractivity contribution < 1.29 is 36.8 Å². The minimum Gasteiger partial charge on any atom is -0.344 e. The first kappa shape index (κ1) is 42.5. The normalized spacial score (nSPS) is 31.8. The first-order valence-electron chi connectivity index (χ1n) is 20.6. The van der Waals surface area contributed by atoms with Gasteiger partial charge in [-0.2, -0.15) is 0 Å². The minimum absolute atomic E-state index is 0.0365. The number of hydrogen-bond donors (Lipinski definition) is 4. The predicted octanol–water partition coefficient (Wildman–Crippen LogP) is 3.20. The first-order valence-corrected chi connectivity index (χ1v) is 22.2. The van der Waals surface area contributed by atoms with E-state index in [1.165, 1.54) is 0 Å². The topological polar surface area (TPSA) is 174 Å². The van der Waals surface area contributed by atoms with Crippen LogP contribution in [-0.4, -0.2) is 110 Å². The van der Waals surface area contributed by atoms with E-state index >= 15 is 4.79 Å². The van der Waals surface area contributed by atoms with Gasteiger partial charge in [0.2, 0.25) is 33.7 Å². The molecule has 13 nitrogen and oxygen atoms in total. The lowest BCUT2D eigenvalue weighted by Crippen LogP contribution is -2.63. The summed E-state index contributed by atoms with van der Waals surface area (Å²) in [6.45, 7) is 20.4. The molecule has 56 heavy (non-hydrogen) atoms. The van der Waals surface area contributed by atoms with Gasteiger partial charge in [-0.3, -0.25) is 33.6 Å². The molecule has 2 spiro atoms. The summed E-state index contributed by atoms with van der Waals surface area (Å²) in [5, 5.41) is 8.27. The van der Waals surface area contributed by atoms with Crippen molar-refractivity contribution in [2.75, 3.05) is 32.9 Å². The van der Waals surface area contributed by atoms with Crippen LogP contribution in [0.3, 0.4) is 0 Å². The number of nitrogens with one attached hydrogen (secondary N) is 4. The molecule has 4 aliphatic carbocycles. The van der Waals surface area contributed by atoms with Crippen molar-refractivity contribution >= 4 is 39.6 Å².